The maximum absolute atomic E-state index is 11.5. The molecule has 1 unspecified atom stereocenters. The maximum Gasteiger partial charge on any atom is 0.315 e. The molecule has 0 fully saturated rings. The van der Waals surface area contributed by atoms with Crippen LogP contribution in [0.25, 0.3) is 11.3 Å². The van der Waals surface area contributed by atoms with Gasteiger partial charge in [0.25, 0.3) is 0 Å². The van der Waals surface area contributed by atoms with Gasteiger partial charge < -0.3 is 14.8 Å². The molecule has 0 aliphatic carbocycles. The Bertz CT molecular complexity index is 999. The summed E-state index contributed by atoms with van der Waals surface area (Å²) in [6.07, 6.45) is 0.876. The van der Waals surface area contributed by atoms with Gasteiger partial charge in [-0.25, -0.2) is 4.68 Å². The van der Waals surface area contributed by atoms with E-state index in [2.05, 4.69) is 10.4 Å². The van der Waals surface area contributed by atoms with Crippen molar-refractivity contribution in [3.05, 3.63) is 64.3 Å². The van der Waals surface area contributed by atoms with E-state index in [0.29, 0.717) is 17.2 Å². The molecule has 0 bridgehead atoms. The zero-order valence-corrected chi connectivity index (χ0v) is 14.2. The van der Waals surface area contributed by atoms with Crippen LogP contribution in [0.15, 0.2) is 48.7 Å². The van der Waals surface area contributed by atoms with Gasteiger partial charge >= 0.3 is 5.69 Å². The van der Waals surface area contributed by atoms with Crippen LogP contribution < -0.4 is 14.8 Å². The van der Waals surface area contributed by atoms with Crippen molar-refractivity contribution in [2.45, 2.75) is 6.17 Å². The van der Waals surface area contributed by atoms with Crippen molar-refractivity contribution in [2.24, 2.45) is 0 Å². The first kappa shape index (κ1) is 15.9. The number of hydrogen-bond acceptors (Lipinski definition) is 6. The quantitative estimate of drug-likeness (QED) is 0.571. The molecule has 0 saturated heterocycles. The lowest BCUT2D eigenvalue weighted by atomic mass is 10.0. The molecule has 2 aromatic carbocycles. The Labute approximate surface area is 149 Å². The second-order valence-corrected chi connectivity index (χ2v) is 5.79. The number of methoxy groups -OCH3 is 2. The van der Waals surface area contributed by atoms with Crippen LogP contribution in [0.5, 0.6) is 11.5 Å². The third-order valence-corrected chi connectivity index (χ3v) is 4.42. The van der Waals surface area contributed by atoms with Crippen molar-refractivity contribution in [1.82, 2.24) is 9.78 Å². The Morgan fingerprint density at radius 2 is 1.92 bits per heavy atom. The van der Waals surface area contributed by atoms with E-state index in [-0.39, 0.29) is 5.69 Å². The van der Waals surface area contributed by atoms with Crippen molar-refractivity contribution in [2.75, 3.05) is 19.5 Å². The Morgan fingerprint density at radius 1 is 1.15 bits per heavy atom. The van der Waals surface area contributed by atoms with Gasteiger partial charge in [0, 0.05) is 16.8 Å². The van der Waals surface area contributed by atoms with Crippen LogP contribution in [-0.4, -0.2) is 28.9 Å². The van der Waals surface area contributed by atoms with E-state index in [1.165, 1.54) is 6.20 Å². The summed E-state index contributed by atoms with van der Waals surface area (Å²) in [5.41, 5.74) is 2.85. The van der Waals surface area contributed by atoms with E-state index in [0.717, 1.165) is 16.8 Å². The average Bonchev–Trinajstić information content (AvgIpc) is 3.12. The van der Waals surface area contributed by atoms with Gasteiger partial charge in [0.05, 0.1) is 19.1 Å². The normalized spacial score (nSPS) is 14.8. The van der Waals surface area contributed by atoms with E-state index in [9.17, 15) is 10.1 Å². The van der Waals surface area contributed by atoms with Gasteiger partial charge in [-0.05, 0) is 18.2 Å². The molecule has 0 saturated carbocycles. The Morgan fingerprint density at radius 3 is 2.65 bits per heavy atom. The molecule has 1 aliphatic heterocycles. The van der Waals surface area contributed by atoms with Gasteiger partial charge in [-0.1, -0.05) is 24.3 Å². The summed E-state index contributed by atoms with van der Waals surface area (Å²) in [4.78, 5) is 11.1. The fraction of sp³-hybridized carbons (Fsp3) is 0.167. The minimum absolute atomic E-state index is 0.0237. The van der Waals surface area contributed by atoms with E-state index < -0.39 is 11.1 Å². The highest BCUT2D eigenvalue weighted by Crippen LogP contribution is 2.43. The second-order valence-electron chi connectivity index (χ2n) is 5.79. The van der Waals surface area contributed by atoms with E-state index in [1.807, 2.05) is 36.4 Å². The lowest BCUT2D eigenvalue weighted by Gasteiger charge is -2.29. The number of nitrogens with one attached hydrogen (secondary N) is 1. The van der Waals surface area contributed by atoms with E-state index in [1.54, 1.807) is 25.0 Å². The number of nitro groups is 1. The van der Waals surface area contributed by atoms with Gasteiger partial charge in [-0.2, -0.15) is 5.10 Å². The Balaban J connectivity index is 1.89. The lowest BCUT2D eigenvalue weighted by Crippen LogP contribution is -2.25. The van der Waals surface area contributed by atoms with Gasteiger partial charge in [-0.15, -0.1) is 0 Å². The third-order valence-electron chi connectivity index (χ3n) is 4.42. The number of nitrogens with zero attached hydrogens (tertiary/aromatic N) is 3. The first-order chi connectivity index (χ1) is 12.6. The topological polar surface area (TPSA) is 91.5 Å². The van der Waals surface area contributed by atoms with E-state index >= 15 is 0 Å². The highest BCUT2D eigenvalue weighted by Gasteiger charge is 2.33. The Hall–Kier alpha value is -3.55. The molecule has 1 aromatic heterocycles. The average molecular weight is 352 g/mol. The molecule has 1 atom stereocenters. The number of anilines is 1. The fourth-order valence-electron chi connectivity index (χ4n) is 3.22. The highest BCUT2D eigenvalue weighted by atomic mass is 16.6. The summed E-state index contributed by atoms with van der Waals surface area (Å²) in [5.74, 6) is 1.19. The smallest absolute Gasteiger partial charge is 0.315 e. The van der Waals surface area contributed by atoms with Gasteiger partial charge in [0.1, 0.15) is 12.4 Å². The third kappa shape index (κ3) is 2.34. The second kappa shape index (κ2) is 6.07. The molecule has 2 heterocycles. The van der Waals surface area contributed by atoms with Crippen LogP contribution in [0, 0.1) is 10.1 Å². The zero-order valence-electron chi connectivity index (χ0n) is 14.2. The molecule has 0 radical (unpaired) electrons. The van der Waals surface area contributed by atoms with Crippen molar-refractivity contribution in [3.63, 3.8) is 0 Å². The molecule has 0 amide bonds. The molecule has 0 spiro atoms. The van der Waals surface area contributed by atoms with Crippen LogP contribution in [0.2, 0.25) is 0 Å². The summed E-state index contributed by atoms with van der Waals surface area (Å²) in [5, 5.41) is 19.1. The summed E-state index contributed by atoms with van der Waals surface area (Å²) < 4.78 is 12.3. The Kier molecular flexibility index (Phi) is 3.72. The van der Waals surface area contributed by atoms with E-state index in [4.69, 9.17) is 9.47 Å². The van der Waals surface area contributed by atoms with Gasteiger partial charge in [-0.3, -0.25) is 10.1 Å². The van der Waals surface area contributed by atoms with Crippen LogP contribution in [0.3, 0.4) is 0 Å². The van der Waals surface area contributed by atoms with Gasteiger partial charge in [0.15, 0.2) is 17.2 Å². The summed E-state index contributed by atoms with van der Waals surface area (Å²) in [6, 6.07) is 13.0. The minimum Gasteiger partial charge on any atom is -0.493 e. The molecule has 1 N–H and O–H groups in total. The van der Waals surface area contributed by atoms with Crippen molar-refractivity contribution in [1.29, 1.82) is 0 Å². The van der Waals surface area contributed by atoms with Crippen molar-refractivity contribution in [3.8, 4) is 22.8 Å². The molecule has 132 valence electrons. The van der Waals surface area contributed by atoms with Gasteiger partial charge in [0.2, 0.25) is 0 Å². The van der Waals surface area contributed by atoms with Crippen molar-refractivity contribution >= 4 is 11.4 Å². The zero-order chi connectivity index (χ0) is 18.3. The number of hydrogen-bond donors (Lipinski definition) is 1. The van der Waals surface area contributed by atoms with Crippen LogP contribution >= 0.6 is 0 Å². The number of aromatic nitrogens is 2. The first-order valence-electron chi connectivity index (χ1n) is 7.93. The van der Waals surface area contributed by atoms with Crippen molar-refractivity contribution < 1.29 is 14.4 Å². The number of ether oxygens (including phenoxy) is 2. The molecule has 3 aromatic rings. The number of rotatable bonds is 4. The van der Waals surface area contributed by atoms with Crippen LogP contribution in [0.4, 0.5) is 11.4 Å². The highest BCUT2D eigenvalue weighted by molar-refractivity contribution is 5.83. The predicted molar refractivity (Wildman–Crippen MR) is 95.6 cm³/mol. The standard InChI is InChI=1S/C18H16N4O4/c1-25-15-8-7-11(9-16(15)26-2)18-20-13-6-4-3-5-12(13)17-14(22(23)24)10-19-21(17)18/h3-10,18,20H,1-2H3. The van der Waals surface area contributed by atoms with Crippen LogP contribution in [-0.2, 0) is 0 Å². The number of fused-ring (bicyclic) bond motifs is 3. The predicted octanol–water partition coefficient (Wildman–Crippen LogP) is 3.45. The molecular formula is C18H16N4O4. The number of benzene rings is 2. The molecular weight excluding hydrogens is 336 g/mol. The molecule has 8 heteroatoms. The molecule has 8 nitrogen and oxygen atoms in total. The first-order valence-corrected chi connectivity index (χ1v) is 7.93. The molecule has 26 heavy (non-hydrogen) atoms. The lowest BCUT2D eigenvalue weighted by molar-refractivity contribution is -0.384. The summed E-state index contributed by atoms with van der Waals surface area (Å²) >= 11 is 0. The SMILES string of the molecule is COc1ccc(C2Nc3ccccc3-c3c([N+](=O)[O-])cnn32)cc1OC. The monoisotopic (exact) mass is 352 g/mol. The fourth-order valence-corrected chi connectivity index (χ4v) is 3.22. The largest absolute Gasteiger partial charge is 0.493 e. The summed E-state index contributed by atoms with van der Waals surface area (Å²) in [6.45, 7) is 0. The molecule has 4 rings (SSSR count). The summed E-state index contributed by atoms with van der Waals surface area (Å²) in [7, 11) is 3.14. The molecule has 1 aliphatic rings. The minimum atomic E-state index is -0.410. The van der Waals surface area contributed by atoms with Crippen LogP contribution in [0.1, 0.15) is 11.7 Å². The maximum atomic E-state index is 11.5. The number of para-hydroxylation sites is 1.